The number of nitrogens with zero attached hydrogens (tertiary/aromatic N) is 1. The second kappa shape index (κ2) is 4.78. The van der Waals surface area contributed by atoms with Crippen LogP contribution < -0.4 is 0 Å². The zero-order chi connectivity index (χ0) is 9.14. The van der Waals surface area contributed by atoms with Gasteiger partial charge in [0.1, 0.15) is 5.56 Å². The molecular weight excluding hydrogens is 186 g/mol. The Morgan fingerprint density at radius 3 is 2.31 bits per heavy atom. The molecule has 0 spiro atoms. The lowest BCUT2D eigenvalue weighted by molar-refractivity contribution is -0.385. The molecule has 13 heavy (non-hydrogen) atoms. The molecule has 0 fully saturated rings. The lowest BCUT2D eigenvalue weighted by Crippen LogP contribution is -2.01. The number of nitro groups is 1. The van der Waals surface area contributed by atoms with Crippen molar-refractivity contribution in [1.29, 1.82) is 0 Å². The van der Waals surface area contributed by atoms with Crippen molar-refractivity contribution in [3.63, 3.8) is 0 Å². The molecule has 0 saturated heterocycles. The average Bonchev–Trinajstić information content (AvgIpc) is 2.04. The molecule has 6 heteroatoms. The Kier molecular flexibility index (Phi) is 4.36. The van der Waals surface area contributed by atoms with Crippen molar-refractivity contribution in [3.8, 4) is 0 Å². The largest absolute Gasteiger partial charge is 0.477 e. The molecule has 0 saturated carbocycles. The van der Waals surface area contributed by atoms with Gasteiger partial charge < -0.3 is 5.11 Å². The summed E-state index contributed by atoms with van der Waals surface area (Å²) in [6.45, 7) is 0. The maximum Gasteiger partial charge on any atom is 0.342 e. The molecule has 0 radical (unpaired) electrons. The molecule has 0 bridgehead atoms. The monoisotopic (exact) mass is 193 g/mol. The average molecular weight is 193 g/mol. The maximum absolute atomic E-state index is 10.4. The lowest BCUT2D eigenvalue weighted by Gasteiger charge is -1.94. The van der Waals surface area contributed by atoms with Crippen LogP contribution in [0.2, 0.25) is 0 Å². The van der Waals surface area contributed by atoms with E-state index in [2.05, 4.69) is 0 Å². The van der Waals surface area contributed by atoms with Crippen LogP contribution in [0.4, 0.5) is 5.69 Å². The number of benzene rings is 1. The van der Waals surface area contributed by atoms with Gasteiger partial charge in [-0.2, -0.15) is 0 Å². The second-order valence-corrected chi connectivity index (χ2v) is 2.08. The Balaban J connectivity index is 0.00000144. The molecule has 1 aromatic rings. The lowest BCUT2D eigenvalue weighted by atomic mass is 10.2. The number of rotatable bonds is 2. The summed E-state index contributed by atoms with van der Waals surface area (Å²) in [6, 6.07) is 5.21. The van der Waals surface area contributed by atoms with Gasteiger partial charge in [0.25, 0.3) is 5.69 Å². The van der Waals surface area contributed by atoms with E-state index in [1.807, 2.05) is 0 Å². The summed E-state index contributed by atoms with van der Waals surface area (Å²) >= 11 is 0. The van der Waals surface area contributed by atoms with Crippen LogP contribution >= 0.6 is 0 Å². The first kappa shape index (κ1) is 11.9. The Labute approximate surface area is 89.7 Å². The topological polar surface area (TPSA) is 80.4 Å². The smallest absolute Gasteiger partial charge is 0.342 e. The first-order valence-electron chi connectivity index (χ1n) is 3.09. The summed E-state index contributed by atoms with van der Waals surface area (Å²) in [5.74, 6) is -1.29. The number of hydrogen-bond acceptors (Lipinski definition) is 3. The van der Waals surface area contributed by atoms with E-state index in [4.69, 9.17) is 5.11 Å². The highest BCUT2D eigenvalue weighted by molar-refractivity contribution is 5.92. The van der Waals surface area contributed by atoms with E-state index < -0.39 is 10.9 Å². The summed E-state index contributed by atoms with van der Waals surface area (Å²) in [6.07, 6.45) is 0. The third-order valence-electron chi connectivity index (χ3n) is 1.33. The number of para-hydroxylation sites is 1. The maximum atomic E-state index is 10.4. The van der Waals surface area contributed by atoms with Gasteiger partial charge in [-0.15, -0.1) is 0 Å². The predicted molar refractivity (Wildman–Crippen MR) is 48.6 cm³/mol. The fourth-order valence-corrected chi connectivity index (χ4v) is 0.814. The van der Waals surface area contributed by atoms with Crippen LogP contribution in [0.5, 0.6) is 0 Å². The van der Waals surface area contributed by atoms with Gasteiger partial charge in [-0.3, -0.25) is 10.1 Å². The van der Waals surface area contributed by atoms with Crippen molar-refractivity contribution in [1.82, 2.24) is 0 Å². The molecular formula is C7H7MgNO4. The molecule has 66 valence electrons. The molecule has 1 N–H and O–H groups in total. The molecule has 1 rings (SSSR count). The predicted octanol–water partition coefficient (Wildman–Crippen LogP) is 0.377. The highest BCUT2D eigenvalue weighted by Gasteiger charge is 2.17. The molecule has 0 atom stereocenters. The fraction of sp³-hybridized carbons (Fsp3) is 0. The second-order valence-electron chi connectivity index (χ2n) is 2.08. The van der Waals surface area contributed by atoms with Crippen molar-refractivity contribution < 1.29 is 14.8 Å². The van der Waals surface area contributed by atoms with Crippen LogP contribution in [0.25, 0.3) is 0 Å². The number of hydrogen-bond donors (Lipinski definition) is 1. The molecule has 0 aliphatic rings. The zero-order valence-corrected chi connectivity index (χ0v) is 5.93. The van der Waals surface area contributed by atoms with Crippen LogP contribution in [-0.4, -0.2) is 39.1 Å². The minimum absolute atomic E-state index is 0. The van der Waals surface area contributed by atoms with Gasteiger partial charge in [0, 0.05) is 6.07 Å². The summed E-state index contributed by atoms with van der Waals surface area (Å²) in [7, 11) is 0. The van der Waals surface area contributed by atoms with Gasteiger partial charge >= 0.3 is 29.0 Å². The molecule has 1 aromatic carbocycles. The first-order valence-corrected chi connectivity index (χ1v) is 3.09. The van der Waals surface area contributed by atoms with Gasteiger partial charge in [-0.05, 0) is 6.07 Å². The molecule has 0 aromatic heterocycles. The fourth-order valence-electron chi connectivity index (χ4n) is 0.814. The number of aromatic carboxylic acids is 1. The first-order chi connectivity index (χ1) is 5.63. The van der Waals surface area contributed by atoms with E-state index >= 15 is 0 Å². The summed E-state index contributed by atoms with van der Waals surface area (Å²) in [5.41, 5.74) is -0.674. The number of nitro benzene ring substituents is 1. The highest BCUT2D eigenvalue weighted by atomic mass is 24.3. The van der Waals surface area contributed by atoms with E-state index in [0.29, 0.717) is 0 Å². The third kappa shape index (κ3) is 2.67. The Bertz CT molecular complexity index is 306. The minimum Gasteiger partial charge on any atom is -0.477 e. The zero-order valence-electron chi connectivity index (χ0n) is 5.93. The van der Waals surface area contributed by atoms with Gasteiger partial charge in [0.05, 0.1) is 4.92 Å². The van der Waals surface area contributed by atoms with E-state index in [1.54, 1.807) is 0 Å². The number of carbonyl (C=O) groups is 1. The SMILES string of the molecule is O=C(O)c1ccccc1[N+](=O)[O-].[MgH2]. The van der Waals surface area contributed by atoms with Crippen LogP contribution in [0.15, 0.2) is 24.3 Å². The Morgan fingerprint density at radius 1 is 1.38 bits per heavy atom. The molecule has 0 unspecified atom stereocenters. The standard InChI is InChI=1S/C7H5NO4.Mg.2H/c9-7(10)5-3-1-2-4-6(5)8(11)12;;;/h1-4H,(H,9,10);;;. The van der Waals surface area contributed by atoms with E-state index in [-0.39, 0.29) is 34.3 Å². The van der Waals surface area contributed by atoms with Crippen LogP contribution in [0.3, 0.4) is 0 Å². The van der Waals surface area contributed by atoms with Crippen molar-refractivity contribution in [2.75, 3.05) is 0 Å². The summed E-state index contributed by atoms with van der Waals surface area (Å²) < 4.78 is 0. The van der Waals surface area contributed by atoms with E-state index in [9.17, 15) is 14.9 Å². The molecule has 0 amide bonds. The van der Waals surface area contributed by atoms with Crippen molar-refractivity contribution in [3.05, 3.63) is 39.9 Å². The van der Waals surface area contributed by atoms with Crippen LogP contribution in [0.1, 0.15) is 10.4 Å². The van der Waals surface area contributed by atoms with Gasteiger partial charge in [0.2, 0.25) is 0 Å². The van der Waals surface area contributed by atoms with Crippen molar-refractivity contribution >= 4 is 34.7 Å². The molecule has 0 heterocycles. The molecule has 5 nitrogen and oxygen atoms in total. The highest BCUT2D eigenvalue weighted by Crippen LogP contribution is 2.16. The van der Waals surface area contributed by atoms with Crippen LogP contribution in [0, 0.1) is 10.1 Å². The Hall–Kier alpha value is -1.14. The third-order valence-corrected chi connectivity index (χ3v) is 1.33. The number of carboxylic acid groups (broad SMARTS) is 1. The van der Waals surface area contributed by atoms with Gasteiger partial charge in [-0.25, -0.2) is 4.79 Å². The van der Waals surface area contributed by atoms with Crippen molar-refractivity contribution in [2.45, 2.75) is 0 Å². The van der Waals surface area contributed by atoms with Gasteiger partial charge in [-0.1, -0.05) is 12.1 Å². The molecule has 0 aliphatic carbocycles. The van der Waals surface area contributed by atoms with E-state index in [0.717, 1.165) is 6.07 Å². The molecule has 0 aliphatic heterocycles. The Morgan fingerprint density at radius 2 is 1.92 bits per heavy atom. The van der Waals surface area contributed by atoms with Crippen LogP contribution in [-0.2, 0) is 0 Å². The summed E-state index contributed by atoms with van der Waals surface area (Å²) in [5, 5.41) is 18.8. The minimum atomic E-state index is -1.29. The van der Waals surface area contributed by atoms with E-state index in [1.165, 1.54) is 18.2 Å². The van der Waals surface area contributed by atoms with Crippen molar-refractivity contribution in [2.24, 2.45) is 0 Å². The normalized spacial score (nSPS) is 8.62. The quantitative estimate of drug-likeness (QED) is 0.418. The number of carboxylic acids is 1. The summed E-state index contributed by atoms with van der Waals surface area (Å²) in [4.78, 5) is 20.0. The van der Waals surface area contributed by atoms with Gasteiger partial charge in [0.15, 0.2) is 0 Å².